The van der Waals surface area contributed by atoms with E-state index < -0.39 is 0 Å². The highest BCUT2D eigenvalue weighted by molar-refractivity contribution is 7.79. The van der Waals surface area contributed by atoms with E-state index in [1.807, 2.05) is 38.1 Å². The van der Waals surface area contributed by atoms with Gasteiger partial charge in [0.05, 0.1) is 11.2 Å². The van der Waals surface area contributed by atoms with Crippen LogP contribution in [0.1, 0.15) is 12.6 Å². The molecule has 1 aromatic carbocycles. The van der Waals surface area contributed by atoms with Gasteiger partial charge in [-0.25, -0.2) is 20.3 Å². The average molecular weight is 289 g/mol. The van der Waals surface area contributed by atoms with Crippen LogP contribution in [-0.4, -0.2) is 27.6 Å². The maximum absolute atomic E-state index is 5.82. The van der Waals surface area contributed by atoms with Gasteiger partial charge < -0.3 is 11.1 Å². The van der Waals surface area contributed by atoms with E-state index in [9.17, 15) is 0 Å². The summed E-state index contributed by atoms with van der Waals surface area (Å²) in [7, 11) is 0. The van der Waals surface area contributed by atoms with Gasteiger partial charge in [-0.3, -0.25) is 0 Å². The number of benzene rings is 1. The van der Waals surface area contributed by atoms with Crippen molar-refractivity contribution in [1.29, 1.82) is 0 Å². The number of nitrogens with zero attached hydrogens (tertiary/aromatic N) is 2. The molecule has 0 aliphatic carbocycles. The van der Waals surface area contributed by atoms with Crippen LogP contribution in [0.25, 0.3) is 10.9 Å². The number of fused-ring (bicyclic) bond motifs is 1. The summed E-state index contributed by atoms with van der Waals surface area (Å²) in [6.07, 6.45) is 0. The summed E-state index contributed by atoms with van der Waals surface area (Å²) < 4.78 is 0. The zero-order chi connectivity index (χ0) is 14.5. The van der Waals surface area contributed by atoms with Crippen molar-refractivity contribution in [2.24, 2.45) is 5.73 Å². The van der Waals surface area contributed by atoms with Crippen LogP contribution in [0.5, 0.6) is 0 Å². The molecule has 0 aliphatic heterocycles. The summed E-state index contributed by atoms with van der Waals surface area (Å²) in [4.78, 5) is 11.6. The van der Waals surface area contributed by atoms with Crippen LogP contribution < -0.4 is 21.4 Å². The van der Waals surface area contributed by atoms with Gasteiger partial charge in [0, 0.05) is 11.9 Å². The van der Waals surface area contributed by atoms with Gasteiger partial charge in [-0.2, -0.15) is 0 Å². The van der Waals surface area contributed by atoms with Crippen molar-refractivity contribution in [3.63, 3.8) is 0 Å². The van der Waals surface area contributed by atoms with Crippen molar-refractivity contribution in [3.05, 3.63) is 30.0 Å². The van der Waals surface area contributed by atoms with E-state index in [-0.39, 0.29) is 5.96 Å². The molecule has 0 unspecified atom stereocenters. The highest BCUT2D eigenvalue weighted by atomic mass is 32.1. The predicted octanol–water partition coefficient (Wildman–Crippen LogP) is -0.360. The second-order valence-electron chi connectivity index (χ2n) is 4.17. The molecule has 6 nitrogen and oxygen atoms in total. The third kappa shape index (κ3) is 3.39. The molecule has 2 aromatic rings. The molecular formula is C13H17N6S+. The summed E-state index contributed by atoms with van der Waals surface area (Å²) in [6, 6.07) is 7.81. The Morgan fingerprint density at radius 3 is 2.85 bits per heavy atom. The fourth-order valence-corrected chi connectivity index (χ4v) is 2.02. The van der Waals surface area contributed by atoms with Crippen molar-refractivity contribution in [3.8, 4) is 0 Å². The molecule has 0 spiro atoms. The van der Waals surface area contributed by atoms with Gasteiger partial charge in [0.25, 0.3) is 11.1 Å². The average Bonchev–Trinajstić information content (AvgIpc) is 2.38. The highest BCUT2D eigenvalue weighted by Crippen LogP contribution is 2.15. The molecular weight excluding hydrogens is 272 g/mol. The predicted molar refractivity (Wildman–Crippen MR) is 84.3 cm³/mol. The van der Waals surface area contributed by atoms with Crippen LogP contribution in [0.15, 0.2) is 24.3 Å². The Balaban J connectivity index is 2.24. The molecule has 5 N–H and O–H groups in total. The van der Waals surface area contributed by atoms with Crippen molar-refractivity contribution in [2.45, 2.75) is 13.8 Å². The zero-order valence-electron chi connectivity index (χ0n) is 11.4. The van der Waals surface area contributed by atoms with E-state index in [4.69, 9.17) is 18.0 Å². The SMILES string of the molecule is CCNC(=S)[NH+]=C(N)Nc1nc(C)c2ccccc2n1. The molecule has 2 rings (SSSR count). The smallest absolute Gasteiger partial charge is 0.312 e. The fraction of sp³-hybridized carbons (Fsp3) is 0.231. The van der Waals surface area contributed by atoms with E-state index in [1.54, 1.807) is 0 Å². The van der Waals surface area contributed by atoms with E-state index in [0.29, 0.717) is 11.1 Å². The Morgan fingerprint density at radius 2 is 2.10 bits per heavy atom. The number of hydrogen-bond acceptors (Lipinski definition) is 3. The van der Waals surface area contributed by atoms with Crippen LogP contribution in [0.3, 0.4) is 0 Å². The van der Waals surface area contributed by atoms with Gasteiger partial charge in [-0.05, 0) is 32.1 Å². The minimum absolute atomic E-state index is 0.283. The van der Waals surface area contributed by atoms with E-state index in [2.05, 4.69) is 25.6 Å². The molecule has 0 bridgehead atoms. The highest BCUT2D eigenvalue weighted by Gasteiger charge is 2.08. The Labute approximate surface area is 122 Å². The van der Waals surface area contributed by atoms with Gasteiger partial charge in [-0.15, -0.1) is 0 Å². The van der Waals surface area contributed by atoms with Gasteiger partial charge in [-0.1, -0.05) is 18.2 Å². The molecule has 0 atom stereocenters. The van der Waals surface area contributed by atoms with Gasteiger partial charge >= 0.3 is 5.96 Å². The first-order valence-corrected chi connectivity index (χ1v) is 6.68. The van der Waals surface area contributed by atoms with Crippen LogP contribution in [-0.2, 0) is 0 Å². The molecule has 0 fully saturated rings. The molecule has 0 saturated carbocycles. The second kappa shape index (κ2) is 6.25. The lowest BCUT2D eigenvalue weighted by molar-refractivity contribution is -0.317. The summed E-state index contributed by atoms with van der Waals surface area (Å²) in [6.45, 7) is 4.61. The number of anilines is 1. The largest absolute Gasteiger partial charge is 0.312 e. The lowest BCUT2D eigenvalue weighted by Gasteiger charge is -2.04. The van der Waals surface area contributed by atoms with Crippen LogP contribution >= 0.6 is 12.2 Å². The third-order valence-electron chi connectivity index (χ3n) is 2.63. The Hall–Kier alpha value is -2.28. The van der Waals surface area contributed by atoms with E-state index in [1.165, 1.54) is 0 Å². The van der Waals surface area contributed by atoms with E-state index >= 15 is 0 Å². The maximum Gasteiger partial charge on any atom is 0.312 e. The first kappa shape index (κ1) is 14.1. The normalized spacial score (nSPS) is 11.4. The van der Waals surface area contributed by atoms with Crippen LogP contribution in [0, 0.1) is 6.92 Å². The first-order chi connectivity index (χ1) is 9.60. The standard InChI is InChI=1S/C13H16N6S/c1-3-15-13(20)19-11(14)18-12-16-8(2)9-6-4-5-7-10(9)17-12/h4-7H,3H2,1-2H3,(H4,14,15,16,17,18,19,20)/p+1. The number of aromatic nitrogens is 2. The number of guanidine groups is 1. The second-order valence-corrected chi connectivity index (χ2v) is 4.58. The molecule has 7 heteroatoms. The number of para-hydroxylation sites is 1. The molecule has 0 amide bonds. The van der Waals surface area contributed by atoms with E-state index in [0.717, 1.165) is 23.1 Å². The minimum Gasteiger partial charge on any atom is -0.312 e. The molecule has 0 aliphatic rings. The Bertz CT molecular complexity index is 667. The van der Waals surface area contributed by atoms with Crippen molar-refractivity contribution in [2.75, 3.05) is 11.9 Å². The number of rotatable bonds is 2. The number of nitrogens with one attached hydrogen (secondary N) is 3. The number of thiocarbonyl (C=S) groups is 1. The lowest BCUT2D eigenvalue weighted by Crippen LogP contribution is -2.83. The quantitative estimate of drug-likeness (QED) is 0.343. The molecule has 20 heavy (non-hydrogen) atoms. The zero-order valence-corrected chi connectivity index (χ0v) is 12.2. The molecule has 0 saturated heterocycles. The first-order valence-electron chi connectivity index (χ1n) is 6.28. The number of hydrogen-bond donors (Lipinski definition) is 4. The third-order valence-corrected chi connectivity index (χ3v) is 2.87. The molecule has 104 valence electrons. The lowest BCUT2D eigenvalue weighted by atomic mass is 10.2. The number of nitrogens with two attached hydrogens (primary N) is 1. The Kier molecular flexibility index (Phi) is 4.41. The van der Waals surface area contributed by atoms with Gasteiger partial charge in [0.15, 0.2) is 0 Å². The minimum atomic E-state index is 0.283. The summed E-state index contributed by atoms with van der Waals surface area (Å²) in [5.74, 6) is 0.719. The molecule has 0 radical (unpaired) electrons. The maximum atomic E-state index is 5.82. The van der Waals surface area contributed by atoms with Gasteiger partial charge in [0.1, 0.15) is 0 Å². The van der Waals surface area contributed by atoms with Crippen molar-refractivity contribution >= 4 is 40.1 Å². The van der Waals surface area contributed by atoms with Crippen molar-refractivity contribution < 1.29 is 4.99 Å². The molecule has 1 aromatic heterocycles. The van der Waals surface area contributed by atoms with Crippen LogP contribution in [0.4, 0.5) is 5.95 Å². The fourth-order valence-electron chi connectivity index (χ4n) is 1.77. The Morgan fingerprint density at radius 1 is 1.35 bits per heavy atom. The summed E-state index contributed by atoms with van der Waals surface area (Å²) >= 11 is 5.04. The summed E-state index contributed by atoms with van der Waals surface area (Å²) in [5.41, 5.74) is 7.57. The molecule has 1 heterocycles. The van der Waals surface area contributed by atoms with Crippen LogP contribution in [0.2, 0.25) is 0 Å². The van der Waals surface area contributed by atoms with Crippen molar-refractivity contribution in [1.82, 2.24) is 15.3 Å². The monoisotopic (exact) mass is 289 g/mol. The topological polar surface area (TPSA) is 89.8 Å². The number of aryl methyl sites for hydroxylation is 1. The summed E-state index contributed by atoms with van der Waals surface area (Å²) in [5, 5.41) is 7.31. The van der Waals surface area contributed by atoms with Gasteiger partial charge in [0.2, 0.25) is 0 Å².